The Hall–Kier alpha value is -0.540. The lowest BCUT2D eigenvalue weighted by atomic mass is 10.4. The quantitative estimate of drug-likeness (QED) is 0.443. The second kappa shape index (κ2) is 3.58. The smallest absolute Gasteiger partial charge is 0.222 e. The fourth-order valence-corrected chi connectivity index (χ4v) is 0.725. The third kappa shape index (κ3) is 1.72. The lowest BCUT2D eigenvalue weighted by Gasteiger charge is -2.20. The molecule has 0 aromatic carbocycles. The van der Waals surface area contributed by atoms with E-state index in [1.165, 1.54) is 6.26 Å². The van der Waals surface area contributed by atoms with Gasteiger partial charge in [0.25, 0.3) is 0 Å². The highest BCUT2D eigenvalue weighted by molar-refractivity contribution is 6.27. The third-order valence-corrected chi connectivity index (χ3v) is 1.36. The Labute approximate surface area is 63.6 Å². The second-order valence-electron chi connectivity index (χ2n) is 1.79. The van der Waals surface area contributed by atoms with E-state index in [0.717, 1.165) is 0 Å². The summed E-state index contributed by atoms with van der Waals surface area (Å²) in [5.74, 6) is 0. The van der Waals surface area contributed by atoms with Crippen molar-refractivity contribution in [3.63, 3.8) is 0 Å². The minimum Gasteiger partial charge on any atom is -0.471 e. The molecule has 0 saturated heterocycles. The van der Waals surface area contributed by atoms with E-state index < -0.39 is 11.7 Å². The molecule has 0 aromatic rings. The molecule has 0 N–H and O–H groups in total. The van der Waals surface area contributed by atoms with E-state index >= 15 is 0 Å². The summed E-state index contributed by atoms with van der Waals surface area (Å²) in [6, 6.07) is 0. The number of ether oxygens (including phenoxy) is 2. The fourth-order valence-electron chi connectivity index (χ4n) is 0.593. The largest absolute Gasteiger partial charge is 0.471 e. The molecule has 3 nitrogen and oxygen atoms in total. The molecule has 0 aliphatic carbocycles. The van der Waals surface area contributed by atoms with Crippen molar-refractivity contribution in [3.05, 3.63) is 12.3 Å². The van der Waals surface area contributed by atoms with Crippen molar-refractivity contribution in [2.75, 3.05) is 6.61 Å². The van der Waals surface area contributed by atoms with Crippen LogP contribution < -0.4 is 0 Å². The van der Waals surface area contributed by atoms with Crippen LogP contribution in [-0.2, 0) is 14.3 Å². The molecule has 2 unspecified atom stereocenters. The maximum absolute atomic E-state index is 10.1. The summed E-state index contributed by atoms with van der Waals surface area (Å²) >= 11 is 5.49. The molecule has 0 amide bonds. The summed E-state index contributed by atoms with van der Waals surface area (Å²) in [4.78, 5) is 10.1. The van der Waals surface area contributed by atoms with Gasteiger partial charge in [-0.05, 0) is 6.08 Å². The van der Waals surface area contributed by atoms with Crippen LogP contribution in [-0.4, -0.2) is 24.6 Å². The first-order valence-corrected chi connectivity index (χ1v) is 3.29. The van der Waals surface area contributed by atoms with Crippen LogP contribution in [0.3, 0.4) is 0 Å². The van der Waals surface area contributed by atoms with Crippen molar-refractivity contribution in [2.24, 2.45) is 0 Å². The topological polar surface area (TPSA) is 35.5 Å². The van der Waals surface area contributed by atoms with Gasteiger partial charge in [-0.3, -0.25) is 0 Å². The molecule has 0 spiro atoms. The minimum absolute atomic E-state index is 0.446. The molecule has 4 heteroatoms. The highest BCUT2D eigenvalue weighted by Gasteiger charge is 2.20. The van der Waals surface area contributed by atoms with Crippen molar-refractivity contribution in [3.8, 4) is 0 Å². The Bertz CT molecular complexity index is 146. The molecule has 0 saturated carbocycles. The van der Waals surface area contributed by atoms with Gasteiger partial charge in [-0.1, -0.05) is 0 Å². The highest BCUT2D eigenvalue weighted by Crippen LogP contribution is 2.10. The second-order valence-corrected chi connectivity index (χ2v) is 2.29. The van der Waals surface area contributed by atoms with E-state index in [1.807, 2.05) is 0 Å². The number of hydrogen-bond acceptors (Lipinski definition) is 3. The van der Waals surface area contributed by atoms with Crippen molar-refractivity contribution in [1.82, 2.24) is 0 Å². The van der Waals surface area contributed by atoms with Gasteiger partial charge in [-0.25, -0.2) is 0 Å². The molecule has 10 heavy (non-hydrogen) atoms. The third-order valence-electron chi connectivity index (χ3n) is 1.06. The van der Waals surface area contributed by atoms with E-state index in [1.54, 1.807) is 6.08 Å². The van der Waals surface area contributed by atoms with Gasteiger partial charge in [0.1, 0.15) is 6.29 Å². The van der Waals surface area contributed by atoms with Gasteiger partial charge >= 0.3 is 0 Å². The molecule has 0 fully saturated rings. The Kier molecular flexibility index (Phi) is 2.71. The van der Waals surface area contributed by atoms with Crippen LogP contribution in [0.2, 0.25) is 0 Å². The first-order chi connectivity index (χ1) is 4.84. The van der Waals surface area contributed by atoms with Crippen molar-refractivity contribution < 1.29 is 14.3 Å². The first kappa shape index (κ1) is 7.57. The number of alkyl halides is 1. The molecular weight excluding hydrogens is 156 g/mol. The Morgan fingerprint density at radius 1 is 1.80 bits per heavy atom. The van der Waals surface area contributed by atoms with Crippen LogP contribution in [0.15, 0.2) is 12.3 Å². The molecule has 2 atom stereocenters. The van der Waals surface area contributed by atoms with Crippen LogP contribution in [0.5, 0.6) is 0 Å². The van der Waals surface area contributed by atoms with Crippen molar-refractivity contribution in [1.29, 1.82) is 0 Å². The summed E-state index contributed by atoms with van der Waals surface area (Å²) in [5.41, 5.74) is 0. The molecule has 1 rings (SSSR count). The monoisotopic (exact) mass is 162 g/mol. The summed E-state index contributed by atoms with van der Waals surface area (Å²) in [6.45, 7) is 0.446. The number of halogens is 1. The molecule has 56 valence electrons. The van der Waals surface area contributed by atoms with Gasteiger partial charge in [0, 0.05) is 0 Å². The molecule has 0 radical (unpaired) electrons. The number of aldehydes is 1. The molecule has 0 bridgehead atoms. The Morgan fingerprint density at radius 3 is 3.10 bits per heavy atom. The number of rotatable bonds is 2. The van der Waals surface area contributed by atoms with Crippen molar-refractivity contribution in [2.45, 2.75) is 11.7 Å². The zero-order valence-corrected chi connectivity index (χ0v) is 5.95. The molecule has 0 aromatic heterocycles. The molecular formula is C6H7ClO3. The van der Waals surface area contributed by atoms with Crippen LogP contribution in [0.4, 0.5) is 0 Å². The van der Waals surface area contributed by atoms with Crippen LogP contribution in [0.1, 0.15) is 0 Å². The van der Waals surface area contributed by atoms with E-state index in [0.29, 0.717) is 12.9 Å². The summed E-state index contributed by atoms with van der Waals surface area (Å²) in [6.07, 6.45) is 3.15. The number of carbonyl (C=O) groups is 1. The predicted octanol–water partition coefficient (Wildman–Crippen LogP) is 0.679. The average Bonchev–Trinajstić information content (AvgIpc) is 2.05. The van der Waals surface area contributed by atoms with Gasteiger partial charge in [0.15, 0.2) is 5.38 Å². The number of hydrogen-bond donors (Lipinski definition) is 0. The van der Waals surface area contributed by atoms with E-state index in [9.17, 15) is 4.79 Å². The lowest BCUT2D eigenvalue weighted by molar-refractivity contribution is -0.129. The van der Waals surface area contributed by atoms with Gasteiger partial charge in [-0.2, -0.15) is 0 Å². The normalized spacial score (nSPS) is 27.1. The molecule has 1 heterocycles. The van der Waals surface area contributed by atoms with Crippen molar-refractivity contribution >= 4 is 17.9 Å². The predicted molar refractivity (Wildman–Crippen MR) is 35.7 cm³/mol. The zero-order chi connectivity index (χ0) is 7.40. The summed E-state index contributed by atoms with van der Waals surface area (Å²) in [7, 11) is 0. The van der Waals surface area contributed by atoms with Gasteiger partial charge in [-0.15, -0.1) is 11.6 Å². The van der Waals surface area contributed by atoms with Crippen LogP contribution in [0, 0.1) is 0 Å². The molecule has 1 aliphatic heterocycles. The van der Waals surface area contributed by atoms with E-state index in [-0.39, 0.29) is 0 Å². The maximum atomic E-state index is 10.1. The number of carbonyl (C=O) groups excluding carboxylic acids is 1. The van der Waals surface area contributed by atoms with Crippen LogP contribution >= 0.6 is 11.6 Å². The standard InChI is InChI=1S/C6H7ClO3/c7-5(4-8)6-9-2-1-3-10-6/h1-2,4-6H,3H2. The van der Waals surface area contributed by atoms with Gasteiger partial charge in [0.05, 0.1) is 12.9 Å². The average molecular weight is 163 g/mol. The maximum Gasteiger partial charge on any atom is 0.222 e. The summed E-state index contributed by atoms with van der Waals surface area (Å²) < 4.78 is 9.82. The van der Waals surface area contributed by atoms with Crippen LogP contribution in [0.25, 0.3) is 0 Å². The Balaban J connectivity index is 2.40. The minimum atomic E-state index is -0.718. The van der Waals surface area contributed by atoms with Gasteiger partial charge in [0.2, 0.25) is 6.29 Å². The zero-order valence-electron chi connectivity index (χ0n) is 5.20. The SMILES string of the molecule is O=CC(Cl)C1OC=CCO1. The molecule has 1 aliphatic rings. The lowest BCUT2D eigenvalue weighted by Crippen LogP contribution is -2.29. The summed E-state index contributed by atoms with van der Waals surface area (Å²) in [5, 5.41) is -0.718. The first-order valence-electron chi connectivity index (χ1n) is 2.86. The van der Waals surface area contributed by atoms with E-state index in [2.05, 4.69) is 0 Å². The van der Waals surface area contributed by atoms with E-state index in [4.69, 9.17) is 21.1 Å². The Morgan fingerprint density at radius 2 is 2.60 bits per heavy atom. The highest BCUT2D eigenvalue weighted by atomic mass is 35.5. The fraction of sp³-hybridized carbons (Fsp3) is 0.500. The van der Waals surface area contributed by atoms with Gasteiger partial charge < -0.3 is 14.3 Å².